The van der Waals surface area contributed by atoms with Gasteiger partial charge in [0.05, 0.1) is 11.4 Å². The zero-order valence-corrected chi connectivity index (χ0v) is 30.1. The Bertz CT molecular complexity index is 2710. The summed E-state index contributed by atoms with van der Waals surface area (Å²) in [6.45, 7) is 0. The van der Waals surface area contributed by atoms with Crippen LogP contribution >= 0.6 is 7.14 Å². The molecule has 0 spiro atoms. The highest BCUT2D eigenvalue weighted by molar-refractivity contribution is 7.85. The standard InChI is InChI=1S/C48H33N4OP/c53-54(37-24-9-3-10-25-37)43-31-12-4-11-28-40(43)44-38-26-13-15-29-41(38)52(42-30-16-14-27-39(42)45(44)54)36-23-17-22-35(32-36)48-50-46(33-18-5-1-6-19-33)49-47(51-48)34-20-7-2-8-21-34/h1-30,32H,31H2. The summed E-state index contributed by atoms with van der Waals surface area (Å²) < 4.78 is 16.2. The van der Waals surface area contributed by atoms with Gasteiger partial charge in [-0.3, -0.25) is 0 Å². The third kappa shape index (κ3) is 5.16. The largest absolute Gasteiger partial charge is 0.309 e. The molecule has 1 unspecified atom stereocenters. The van der Waals surface area contributed by atoms with Gasteiger partial charge >= 0.3 is 0 Å². The molecule has 7 aromatic rings. The van der Waals surface area contributed by atoms with Crippen molar-refractivity contribution in [1.29, 1.82) is 0 Å². The number of allylic oxidation sites excluding steroid dienone is 7. The van der Waals surface area contributed by atoms with Gasteiger partial charge in [0.25, 0.3) is 0 Å². The maximum absolute atomic E-state index is 16.2. The van der Waals surface area contributed by atoms with Crippen LogP contribution in [0, 0.1) is 0 Å². The first kappa shape index (κ1) is 32.0. The number of anilines is 3. The minimum Gasteiger partial charge on any atom is -0.309 e. The maximum atomic E-state index is 16.2. The van der Waals surface area contributed by atoms with Gasteiger partial charge in [0.2, 0.25) is 0 Å². The number of benzene rings is 6. The van der Waals surface area contributed by atoms with Gasteiger partial charge in [0, 0.05) is 55.0 Å². The molecule has 3 aliphatic rings. The van der Waals surface area contributed by atoms with Gasteiger partial charge in [-0.1, -0.05) is 164 Å². The van der Waals surface area contributed by atoms with Crippen molar-refractivity contribution in [3.8, 4) is 34.2 Å². The highest BCUT2D eigenvalue weighted by atomic mass is 31.2. The summed E-state index contributed by atoms with van der Waals surface area (Å²) in [6, 6.07) is 55.4. The third-order valence-corrected chi connectivity index (χ3v) is 13.6. The molecule has 0 amide bonds. The fourth-order valence-electron chi connectivity index (χ4n) is 7.94. The van der Waals surface area contributed by atoms with Crippen molar-refractivity contribution in [2.45, 2.75) is 6.42 Å². The highest BCUT2D eigenvalue weighted by Gasteiger charge is 2.47. The van der Waals surface area contributed by atoms with Crippen LogP contribution < -0.4 is 10.2 Å². The van der Waals surface area contributed by atoms with E-state index in [4.69, 9.17) is 15.0 Å². The zero-order valence-electron chi connectivity index (χ0n) is 29.2. The second kappa shape index (κ2) is 13.1. The average molecular weight is 713 g/mol. The smallest absolute Gasteiger partial charge is 0.169 e. The molecule has 6 heteroatoms. The summed E-state index contributed by atoms with van der Waals surface area (Å²) in [7, 11) is -3.27. The Morgan fingerprint density at radius 3 is 1.72 bits per heavy atom. The van der Waals surface area contributed by atoms with Gasteiger partial charge in [-0.15, -0.1) is 0 Å². The second-order valence-corrected chi connectivity index (χ2v) is 16.2. The molecule has 1 atom stereocenters. The summed E-state index contributed by atoms with van der Waals surface area (Å²) >= 11 is 0. The number of rotatable bonds is 5. The lowest BCUT2D eigenvalue weighted by Crippen LogP contribution is -2.13. The van der Waals surface area contributed by atoms with Crippen LogP contribution in [0.3, 0.4) is 0 Å². The Morgan fingerprint density at radius 1 is 0.519 bits per heavy atom. The first-order valence-corrected chi connectivity index (χ1v) is 19.8. The molecule has 3 heterocycles. The summed E-state index contributed by atoms with van der Waals surface area (Å²) in [6.07, 6.45) is 9.05. The SMILES string of the molecule is O=P1(c2ccccc2)C2=C(C=CC=CC2)C2=C1c1ccccc1N(c1cccc(-c3nc(-c4ccccc4)nc(-c4ccccc4)n3)c1)c1ccccc12. The van der Waals surface area contributed by atoms with Gasteiger partial charge in [-0.2, -0.15) is 0 Å². The number of para-hydroxylation sites is 2. The zero-order chi connectivity index (χ0) is 36.1. The summed E-state index contributed by atoms with van der Waals surface area (Å²) in [5, 5.41) is 2.74. The van der Waals surface area contributed by atoms with Crippen molar-refractivity contribution in [1.82, 2.24) is 15.0 Å². The predicted molar refractivity (Wildman–Crippen MR) is 221 cm³/mol. The second-order valence-electron chi connectivity index (χ2n) is 13.5. The van der Waals surface area contributed by atoms with Gasteiger partial charge in [0.1, 0.15) is 0 Å². The quantitative estimate of drug-likeness (QED) is 0.166. The van der Waals surface area contributed by atoms with Crippen molar-refractivity contribution in [2.24, 2.45) is 0 Å². The molecular weight excluding hydrogens is 680 g/mol. The maximum Gasteiger partial charge on any atom is 0.169 e. The van der Waals surface area contributed by atoms with E-state index in [2.05, 4.69) is 102 Å². The van der Waals surface area contributed by atoms with E-state index in [1.165, 1.54) is 0 Å². The minimum absolute atomic E-state index is 0.584. The van der Waals surface area contributed by atoms with E-state index in [1.807, 2.05) is 91.0 Å². The summed E-state index contributed by atoms with van der Waals surface area (Å²) in [5.41, 5.74) is 9.71. The molecule has 10 rings (SSSR count). The minimum atomic E-state index is -3.27. The highest BCUT2D eigenvalue weighted by Crippen LogP contribution is 2.75. The van der Waals surface area contributed by atoms with Crippen LogP contribution in [-0.4, -0.2) is 15.0 Å². The Morgan fingerprint density at radius 2 is 1.06 bits per heavy atom. The van der Waals surface area contributed by atoms with E-state index in [0.717, 1.165) is 72.0 Å². The molecule has 5 nitrogen and oxygen atoms in total. The molecule has 0 N–H and O–H groups in total. The molecule has 54 heavy (non-hydrogen) atoms. The molecule has 1 aliphatic carbocycles. The van der Waals surface area contributed by atoms with Crippen LogP contribution in [0.25, 0.3) is 45.1 Å². The van der Waals surface area contributed by atoms with E-state index in [1.54, 1.807) is 0 Å². The number of nitrogens with zero attached hydrogens (tertiary/aromatic N) is 4. The number of hydrogen-bond acceptors (Lipinski definition) is 5. The first-order valence-electron chi connectivity index (χ1n) is 18.1. The molecule has 0 radical (unpaired) electrons. The molecule has 6 aromatic carbocycles. The molecular formula is C48H33N4OP. The topological polar surface area (TPSA) is 59.0 Å². The lowest BCUT2D eigenvalue weighted by molar-refractivity contribution is 0.591. The van der Waals surface area contributed by atoms with Crippen LogP contribution in [0.1, 0.15) is 17.5 Å². The monoisotopic (exact) mass is 712 g/mol. The molecule has 1 aromatic heterocycles. The van der Waals surface area contributed by atoms with Gasteiger partial charge in [-0.25, -0.2) is 15.0 Å². The van der Waals surface area contributed by atoms with E-state index in [9.17, 15) is 0 Å². The van der Waals surface area contributed by atoms with E-state index in [0.29, 0.717) is 23.9 Å². The molecule has 0 bridgehead atoms. The van der Waals surface area contributed by atoms with Crippen molar-refractivity contribution in [3.05, 3.63) is 210 Å². The third-order valence-electron chi connectivity index (χ3n) is 10.3. The number of fused-ring (bicyclic) bond motifs is 5. The first-order chi connectivity index (χ1) is 26.7. The lowest BCUT2D eigenvalue weighted by Gasteiger charge is -2.29. The van der Waals surface area contributed by atoms with Crippen LogP contribution in [0.5, 0.6) is 0 Å². The van der Waals surface area contributed by atoms with Gasteiger partial charge < -0.3 is 9.46 Å². The summed E-state index contributed by atoms with van der Waals surface area (Å²) in [5.74, 6) is 1.81. The van der Waals surface area contributed by atoms with Crippen LogP contribution in [0.4, 0.5) is 17.1 Å². The Kier molecular flexibility index (Phi) is 7.75. The van der Waals surface area contributed by atoms with E-state index >= 15 is 4.57 Å². The normalized spacial score (nSPS) is 17.0. The molecule has 2 aliphatic heterocycles. The van der Waals surface area contributed by atoms with E-state index < -0.39 is 7.14 Å². The fraction of sp³-hybridized carbons (Fsp3) is 0.0208. The van der Waals surface area contributed by atoms with Crippen molar-refractivity contribution in [3.63, 3.8) is 0 Å². The molecule has 256 valence electrons. The Balaban J connectivity index is 1.20. The number of hydrogen-bond donors (Lipinski definition) is 0. The van der Waals surface area contributed by atoms with Crippen molar-refractivity contribution < 1.29 is 4.57 Å². The molecule has 0 saturated heterocycles. The molecule has 0 saturated carbocycles. The van der Waals surface area contributed by atoms with Crippen LogP contribution in [0.2, 0.25) is 0 Å². The lowest BCUT2D eigenvalue weighted by atomic mass is 9.94. The Labute approximate surface area is 314 Å². The average Bonchev–Trinajstić information content (AvgIpc) is 3.40. The Hall–Kier alpha value is -6.68. The van der Waals surface area contributed by atoms with Gasteiger partial charge in [0.15, 0.2) is 24.6 Å². The van der Waals surface area contributed by atoms with Gasteiger partial charge in [-0.05, 0) is 36.3 Å². The number of aromatic nitrogens is 3. The fourth-order valence-corrected chi connectivity index (χ4v) is 11.3. The molecule has 0 fully saturated rings. The predicted octanol–water partition coefficient (Wildman–Crippen LogP) is 12.0. The van der Waals surface area contributed by atoms with Crippen molar-refractivity contribution >= 4 is 40.4 Å². The van der Waals surface area contributed by atoms with Crippen LogP contribution in [0.15, 0.2) is 199 Å². The van der Waals surface area contributed by atoms with E-state index in [-0.39, 0.29) is 0 Å². The summed E-state index contributed by atoms with van der Waals surface area (Å²) in [4.78, 5) is 17.3. The van der Waals surface area contributed by atoms with Crippen molar-refractivity contribution in [2.75, 3.05) is 4.90 Å². The van der Waals surface area contributed by atoms with Crippen LogP contribution in [-0.2, 0) is 4.57 Å².